The Bertz CT molecular complexity index is 862. The quantitative estimate of drug-likeness (QED) is 0.401. The molecule has 3 rings (SSSR count). The number of ketones is 1. The molecule has 0 fully saturated rings. The molecule has 0 radical (unpaired) electrons. The predicted octanol–water partition coefficient (Wildman–Crippen LogP) is 2.93. The van der Waals surface area contributed by atoms with Crippen molar-refractivity contribution in [3.63, 3.8) is 0 Å². The van der Waals surface area contributed by atoms with Crippen LogP contribution in [0.3, 0.4) is 0 Å². The Labute approximate surface area is 149 Å². The number of rotatable bonds is 6. The molecule has 0 atom stereocenters. The Kier molecular flexibility index (Phi) is 5.28. The van der Waals surface area contributed by atoms with Gasteiger partial charge in [0.1, 0.15) is 4.88 Å². The average molecular weight is 377 g/mol. The lowest BCUT2D eigenvalue weighted by molar-refractivity contribution is 0.101. The molecule has 0 aliphatic carbocycles. The van der Waals surface area contributed by atoms with E-state index in [9.17, 15) is 9.59 Å². The second kappa shape index (κ2) is 7.60. The van der Waals surface area contributed by atoms with Crippen LogP contribution in [-0.2, 0) is 0 Å². The van der Waals surface area contributed by atoms with Gasteiger partial charge in [0.2, 0.25) is 5.13 Å². The summed E-state index contributed by atoms with van der Waals surface area (Å²) >= 11 is 3.54. The summed E-state index contributed by atoms with van der Waals surface area (Å²) in [6.07, 6.45) is 0. The van der Waals surface area contributed by atoms with Gasteiger partial charge in [-0.25, -0.2) is 0 Å². The summed E-state index contributed by atoms with van der Waals surface area (Å²) in [5.74, 6) is -0.0203. The van der Waals surface area contributed by atoms with Crippen molar-refractivity contribution in [1.29, 1.82) is 0 Å². The number of carbonyl (C=O) groups is 2. The molecule has 0 unspecified atom stereocenters. The lowest BCUT2D eigenvalue weighted by atomic mass is 10.2. The van der Waals surface area contributed by atoms with Crippen LogP contribution in [0, 0.1) is 6.92 Å². The molecule has 1 aromatic carbocycles. The van der Waals surface area contributed by atoms with Gasteiger partial charge in [-0.3, -0.25) is 14.9 Å². The number of hydrogen-bond donors (Lipinski definition) is 1. The Morgan fingerprint density at radius 2 is 1.96 bits per heavy atom. The van der Waals surface area contributed by atoms with Crippen LogP contribution in [0.2, 0.25) is 0 Å². The molecule has 122 valence electrons. The van der Waals surface area contributed by atoms with Gasteiger partial charge >= 0.3 is 0 Å². The second-order valence-corrected chi connectivity index (χ2v) is 7.55. The summed E-state index contributed by atoms with van der Waals surface area (Å²) in [6, 6.07) is 9.07. The van der Waals surface area contributed by atoms with Crippen molar-refractivity contribution in [2.75, 3.05) is 11.1 Å². The van der Waals surface area contributed by atoms with E-state index in [-0.39, 0.29) is 17.4 Å². The van der Waals surface area contributed by atoms with E-state index in [0.29, 0.717) is 25.6 Å². The summed E-state index contributed by atoms with van der Waals surface area (Å²) < 4.78 is 4.34. The molecule has 0 saturated heterocycles. The monoisotopic (exact) mass is 377 g/mol. The van der Waals surface area contributed by atoms with Crippen LogP contribution in [0.15, 0.2) is 34.7 Å². The Hall–Kier alpha value is -2.17. The van der Waals surface area contributed by atoms with Crippen LogP contribution in [0.25, 0.3) is 0 Å². The van der Waals surface area contributed by atoms with Crippen molar-refractivity contribution in [3.05, 3.63) is 46.5 Å². The third-order valence-electron chi connectivity index (χ3n) is 2.91. The minimum Gasteiger partial charge on any atom is -0.296 e. The molecule has 10 heteroatoms. The largest absolute Gasteiger partial charge is 0.296 e. The van der Waals surface area contributed by atoms with Crippen molar-refractivity contribution in [2.45, 2.75) is 11.3 Å². The highest BCUT2D eigenvalue weighted by atomic mass is 32.2. The second-order valence-electron chi connectivity index (χ2n) is 4.59. The van der Waals surface area contributed by atoms with Crippen molar-refractivity contribution in [1.82, 2.24) is 19.8 Å². The van der Waals surface area contributed by atoms with Crippen molar-refractivity contribution >= 4 is 51.5 Å². The first kappa shape index (κ1) is 16.7. The molecule has 1 amide bonds. The van der Waals surface area contributed by atoms with Crippen LogP contribution < -0.4 is 5.32 Å². The summed E-state index contributed by atoms with van der Waals surface area (Å²) in [5.41, 5.74) is 1.24. The summed E-state index contributed by atoms with van der Waals surface area (Å²) in [5, 5.41) is 14.7. The molecule has 0 saturated carbocycles. The zero-order valence-electron chi connectivity index (χ0n) is 12.4. The van der Waals surface area contributed by atoms with Crippen LogP contribution in [0.4, 0.5) is 5.13 Å². The van der Waals surface area contributed by atoms with Gasteiger partial charge in [0.25, 0.3) is 5.91 Å². The van der Waals surface area contributed by atoms with Gasteiger partial charge in [-0.1, -0.05) is 57.9 Å². The molecular formula is C14H11N5O2S3. The lowest BCUT2D eigenvalue weighted by Crippen LogP contribution is -2.11. The van der Waals surface area contributed by atoms with E-state index in [2.05, 4.69) is 25.1 Å². The number of thioether (sulfide) groups is 1. The van der Waals surface area contributed by atoms with Gasteiger partial charge in [0.15, 0.2) is 10.1 Å². The third kappa shape index (κ3) is 4.02. The molecule has 2 heterocycles. The maximum absolute atomic E-state index is 12.1. The molecular weight excluding hydrogens is 366 g/mol. The number of aromatic nitrogens is 4. The SMILES string of the molecule is Cc1nnsc1C(=O)Nc1nnc(SCC(=O)c2ccccc2)s1. The Morgan fingerprint density at radius 3 is 2.67 bits per heavy atom. The zero-order chi connectivity index (χ0) is 16.9. The van der Waals surface area contributed by atoms with Crippen LogP contribution >= 0.6 is 34.6 Å². The number of amides is 1. The molecule has 0 spiro atoms. The van der Waals surface area contributed by atoms with Crippen LogP contribution in [0.5, 0.6) is 0 Å². The highest BCUT2D eigenvalue weighted by Gasteiger charge is 2.16. The number of aryl methyl sites for hydroxylation is 1. The van der Waals surface area contributed by atoms with Gasteiger partial charge < -0.3 is 0 Å². The number of benzene rings is 1. The van der Waals surface area contributed by atoms with Gasteiger partial charge in [-0.05, 0) is 18.5 Å². The summed E-state index contributed by atoms with van der Waals surface area (Å²) in [4.78, 5) is 24.5. The number of anilines is 1. The molecule has 0 aliphatic rings. The minimum absolute atomic E-state index is 0.0211. The highest BCUT2D eigenvalue weighted by Crippen LogP contribution is 2.26. The molecule has 0 aliphatic heterocycles. The first-order valence-electron chi connectivity index (χ1n) is 6.78. The average Bonchev–Trinajstić information content (AvgIpc) is 3.22. The van der Waals surface area contributed by atoms with Crippen molar-refractivity contribution < 1.29 is 9.59 Å². The van der Waals surface area contributed by atoms with E-state index in [1.54, 1.807) is 19.1 Å². The molecule has 7 nitrogen and oxygen atoms in total. The van der Waals surface area contributed by atoms with E-state index >= 15 is 0 Å². The van der Waals surface area contributed by atoms with Gasteiger partial charge in [-0.15, -0.1) is 15.3 Å². The standard InChI is InChI=1S/C14H11N5O2S3/c1-8-11(24-19-16-8)12(21)15-13-17-18-14(23-13)22-7-10(20)9-5-3-2-4-6-9/h2-6H,7H2,1H3,(H,15,17,21). The van der Waals surface area contributed by atoms with Crippen LogP contribution in [0.1, 0.15) is 25.7 Å². The Balaban J connectivity index is 1.57. The van der Waals surface area contributed by atoms with Gasteiger partial charge in [0.05, 0.1) is 11.4 Å². The first-order valence-corrected chi connectivity index (χ1v) is 9.36. The smallest absolute Gasteiger partial charge is 0.271 e. The minimum atomic E-state index is -0.310. The van der Waals surface area contributed by atoms with E-state index in [0.717, 1.165) is 11.5 Å². The van der Waals surface area contributed by atoms with Gasteiger partial charge in [0, 0.05) is 5.56 Å². The number of Topliss-reactive ketones (excluding diaryl/α,β-unsaturated/α-hetero) is 1. The van der Waals surface area contributed by atoms with E-state index in [1.807, 2.05) is 18.2 Å². The molecule has 1 N–H and O–H groups in total. The fourth-order valence-electron chi connectivity index (χ4n) is 1.75. The maximum Gasteiger partial charge on any atom is 0.271 e. The molecule has 0 bridgehead atoms. The number of hydrogen-bond acceptors (Lipinski definition) is 9. The fraction of sp³-hybridized carbons (Fsp3) is 0.143. The predicted molar refractivity (Wildman–Crippen MR) is 94.0 cm³/mol. The topological polar surface area (TPSA) is 97.7 Å². The molecule has 3 aromatic rings. The first-order chi connectivity index (χ1) is 11.6. The molecule has 24 heavy (non-hydrogen) atoms. The fourth-order valence-corrected chi connectivity index (χ4v) is 3.94. The number of carbonyl (C=O) groups excluding carboxylic acids is 2. The van der Waals surface area contributed by atoms with Crippen molar-refractivity contribution in [2.24, 2.45) is 0 Å². The van der Waals surface area contributed by atoms with E-state index < -0.39 is 0 Å². The van der Waals surface area contributed by atoms with E-state index in [1.165, 1.54) is 23.1 Å². The van der Waals surface area contributed by atoms with Crippen LogP contribution in [-0.4, -0.2) is 37.2 Å². The third-order valence-corrected chi connectivity index (χ3v) is 5.71. The van der Waals surface area contributed by atoms with E-state index in [4.69, 9.17) is 0 Å². The molecule has 2 aromatic heterocycles. The normalized spacial score (nSPS) is 10.5. The lowest BCUT2D eigenvalue weighted by Gasteiger charge is -1.98. The summed E-state index contributed by atoms with van der Waals surface area (Å²) in [6.45, 7) is 1.72. The number of nitrogens with zero attached hydrogens (tertiary/aromatic N) is 4. The van der Waals surface area contributed by atoms with Crippen molar-refractivity contribution in [3.8, 4) is 0 Å². The Morgan fingerprint density at radius 1 is 1.17 bits per heavy atom. The van der Waals surface area contributed by atoms with Gasteiger partial charge in [-0.2, -0.15) is 0 Å². The number of nitrogens with one attached hydrogen (secondary N) is 1. The summed E-state index contributed by atoms with van der Waals surface area (Å²) in [7, 11) is 0. The highest BCUT2D eigenvalue weighted by molar-refractivity contribution is 8.01. The zero-order valence-corrected chi connectivity index (χ0v) is 14.9. The maximum atomic E-state index is 12.1.